The number of benzene rings is 1. The van der Waals surface area contributed by atoms with Crippen LogP contribution in [0.1, 0.15) is 45.5 Å². The molecular formula is C24H28N4O2S. The molecule has 7 heteroatoms. The topological polar surface area (TPSA) is 58.6 Å². The van der Waals surface area contributed by atoms with E-state index >= 15 is 0 Å². The van der Waals surface area contributed by atoms with Crippen LogP contribution in [0, 0.1) is 13.8 Å². The number of fused-ring (bicyclic) bond motifs is 1. The number of ether oxygens (including phenoxy) is 1. The van der Waals surface area contributed by atoms with E-state index in [4.69, 9.17) is 14.7 Å². The maximum absolute atomic E-state index is 13.3. The normalized spacial score (nSPS) is 17.3. The summed E-state index contributed by atoms with van der Waals surface area (Å²) in [4.78, 5) is 28.9. The van der Waals surface area contributed by atoms with Crippen LogP contribution in [0.4, 0.5) is 0 Å². The van der Waals surface area contributed by atoms with E-state index in [-0.39, 0.29) is 5.91 Å². The third kappa shape index (κ3) is 4.29. The summed E-state index contributed by atoms with van der Waals surface area (Å²) in [6, 6.07) is 9.90. The van der Waals surface area contributed by atoms with Crippen molar-refractivity contribution < 1.29 is 9.53 Å². The number of aryl methyl sites for hydroxylation is 2. The lowest BCUT2D eigenvalue weighted by molar-refractivity contribution is 0.0624. The van der Waals surface area contributed by atoms with E-state index in [2.05, 4.69) is 4.90 Å². The molecule has 0 atom stereocenters. The first-order valence-corrected chi connectivity index (χ1v) is 11.9. The van der Waals surface area contributed by atoms with Crippen LogP contribution in [-0.2, 0) is 0 Å². The molecule has 0 bridgehead atoms. The summed E-state index contributed by atoms with van der Waals surface area (Å²) in [6.07, 6.45) is 2.36. The predicted molar refractivity (Wildman–Crippen MR) is 123 cm³/mol. The number of thiophene rings is 1. The Balaban J connectivity index is 1.21. The third-order valence-corrected chi connectivity index (χ3v) is 7.38. The summed E-state index contributed by atoms with van der Waals surface area (Å²) in [7, 11) is 0. The number of nitrogens with zero attached hydrogens (tertiary/aromatic N) is 4. The number of hydrogen-bond donors (Lipinski definition) is 0. The maximum atomic E-state index is 13.3. The highest BCUT2D eigenvalue weighted by Crippen LogP contribution is 2.40. The average molecular weight is 437 g/mol. The van der Waals surface area contributed by atoms with Gasteiger partial charge in [0.25, 0.3) is 5.91 Å². The monoisotopic (exact) mass is 436 g/mol. The standard InChI is InChI=1S/C24H28N4O2S/c1-16-20-17(2)25-22(18-8-9-18)26-23(20)31-21(16)24(29)28-12-10-27(11-13-28)14-15-30-19-6-4-3-5-7-19/h3-7,18H,8-15H2,1-2H3. The van der Waals surface area contributed by atoms with Crippen LogP contribution in [0.2, 0.25) is 0 Å². The Morgan fingerprint density at radius 1 is 1.10 bits per heavy atom. The van der Waals surface area contributed by atoms with Gasteiger partial charge < -0.3 is 9.64 Å². The molecule has 1 aliphatic heterocycles. The van der Waals surface area contributed by atoms with Crippen molar-refractivity contribution in [1.29, 1.82) is 0 Å². The second-order valence-electron chi connectivity index (χ2n) is 8.47. The van der Waals surface area contributed by atoms with Crippen molar-refractivity contribution in [3.05, 3.63) is 52.3 Å². The molecule has 1 saturated carbocycles. The van der Waals surface area contributed by atoms with E-state index in [0.29, 0.717) is 12.5 Å². The largest absolute Gasteiger partial charge is 0.492 e. The second-order valence-corrected chi connectivity index (χ2v) is 9.47. The van der Waals surface area contributed by atoms with E-state index in [1.807, 2.05) is 49.1 Å². The van der Waals surface area contributed by atoms with Gasteiger partial charge in [0.1, 0.15) is 23.0 Å². The maximum Gasteiger partial charge on any atom is 0.264 e. The highest BCUT2D eigenvalue weighted by molar-refractivity contribution is 7.20. The molecule has 0 unspecified atom stereocenters. The molecule has 5 rings (SSSR count). The van der Waals surface area contributed by atoms with E-state index in [1.54, 1.807) is 0 Å². The Morgan fingerprint density at radius 2 is 1.84 bits per heavy atom. The van der Waals surface area contributed by atoms with Crippen molar-refractivity contribution >= 4 is 27.5 Å². The summed E-state index contributed by atoms with van der Waals surface area (Å²) in [6.45, 7) is 8.85. The van der Waals surface area contributed by atoms with Gasteiger partial charge in [0.15, 0.2) is 0 Å². The van der Waals surface area contributed by atoms with Gasteiger partial charge in [-0.1, -0.05) is 18.2 Å². The fourth-order valence-corrected chi connectivity index (χ4v) is 5.42. The number of carbonyl (C=O) groups is 1. The minimum atomic E-state index is 0.132. The number of carbonyl (C=O) groups excluding carboxylic acids is 1. The van der Waals surface area contributed by atoms with Gasteiger partial charge in [-0.3, -0.25) is 9.69 Å². The summed E-state index contributed by atoms with van der Waals surface area (Å²) in [5.74, 6) is 2.51. The van der Waals surface area contributed by atoms with Crippen LogP contribution < -0.4 is 4.74 Å². The van der Waals surface area contributed by atoms with Crippen molar-refractivity contribution in [3.63, 3.8) is 0 Å². The molecule has 3 aromatic rings. The van der Waals surface area contributed by atoms with Gasteiger partial charge in [-0.05, 0) is 44.4 Å². The molecule has 162 valence electrons. The minimum absolute atomic E-state index is 0.132. The lowest BCUT2D eigenvalue weighted by atomic mass is 10.1. The molecule has 0 spiro atoms. The van der Waals surface area contributed by atoms with E-state index in [9.17, 15) is 4.79 Å². The predicted octanol–water partition coefficient (Wildman–Crippen LogP) is 4.02. The third-order valence-electron chi connectivity index (χ3n) is 6.20. The summed E-state index contributed by atoms with van der Waals surface area (Å²) in [5, 5.41) is 1.06. The van der Waals surface area contributed by atoms with E-state index < -0.39 is 0 Å². The molecular weight excluding hydrogens is 408 g/mol. The highest BCUT2D eigenvalue weighted by Gasteiger charge is 2.30. The summed E-state index contributed by atoms with van der Waals surface area (Å²) >= 11 is 1.54. The molecule has 2 aromatic heterocycles. The first kappa shape index (κ1) is 20.4. The van der Waals surface area contributed by atoms with Gasteiger partial charge in [-0.25, -0.2) is 9.97 Å². The number of amides is 1. The molecule has 1 amide bonds. The number of piperazine rings is 1. The van der Waals surface area contributed by atoms with Crippen LogP contribution in [-0.4, -0.2) is 65.0 Å². The van der Waals surface area contributed by atoms with Crippen LogP contribution >= 0.6 is 11.3 Å². The van der Waals surface area contributed by atoms with Crippen molar-refractivity contribution in [2.24, 2.45) is 0 Å². The zero-order chi connectivity index (χ0) is 21.4. The highest BCUT2D eigenvalue weighted by atomic mass is 32.1. The van der Waals surface area contributed by atoms with Crippen molar-refractivity contribution in [2.45, 2.75) is 32.6 Å². The number of rotatable bonds is 6. The van der Waals surface area contributed by atoms with E-state index in [0.717, 1.165) is 70.6 Å². The van der Waals surface area contributed by atoms with Crippen LogP contribution in [0.5, 0.6) is 5.75 Å². The Kier molecular flexibility index (Phi) is 5.63. The fourth-order valence-electron chi connectivity index (χ4n) is 4.22. The molecule has 0 N–H and O–H groups in total. The number of para-hydroxylation sites is 1. The van der Waals surface area contributed by atoms with Gasteiger partial charge in [-0.15, -0.1) is 11.3 Å². The zero-order valence-electron chi connectivity index (χ0n) is 18.1. The molecule has 1 aliphatic carbocycles. The Bertz CT molecular complexity index is 1090. The Hall–Kier alpha value is -2.51. The second kappa shape index (κ2) is 8.55. The summed E-state index contributed by atoms with van der Waals surface area (Å²) in [5.41, 5.74) is 2.03. The minimum Gasteiger partial charge on any atom is -0.492 e. The molecule has 2 aliphatic rings. The SMILES string of the molecule is Cc1nc(C2CC2)nc2sc(C(=O)N3CCN(CCOc4ccccc4)CC3)c(C)c12. The fraction of sp³-hybridized carbons (Fsp3) is 0.458. The van der Waals surface area contributed by atoms with E-state index in [1.165, 1.54) is 24.2 Å². The van der Waals surface area contributed by atoms with Gasteiger partial charge in [0.2, 0.25) is 0 Å². The molecule has 31 heavy (non-hydrogen) atoms. The van der Waals surface area contributed by atoms with Crippen LogP contribution in [0.25, 0.3) is 10.2 Å². The van der Waals surface area contributed by atoms with Gasteiger partial charge in [0, 0.05) is 44.0 Å². The van der Waals surface area contributed by atoms with Gasteiger partial charge in [-0.2, -0.15) is 0 Å². The van der Waals surface area contributed by atoms with Crippen molar-refractivity contribution in [2.75, 3.05) is 39.3 Å². The van der Waals surface area contributed by atoms with Crippen molar-refractivity contribution in [1.82, 2.24) is 19.8 Å². The lowest BCUT2D eigenvalue weighted by Crippen LogP contribution is -2.49. The zero-order valence-corrected chi connectivity index (χ0v) is 19.0. The Labute approximate surface area is 186 Å². The van der Waals surface area contributed by atoms with Crippen LogP contribution in [0.3, 0.4) is 0 Å². The molecule has 2 fully saturated rings. The van der Waals surface area contributed by atoms with Crippen LogP contribution in [0.15, 0.2) is 30.3 Å². The quantitative estimate of drug-likeness (QED) is 0.584. The average Bonchev–Trinajstić information content (AvgIpc) is 3.58. The molecule has 3 heterocycles. The number of hydrogen-bond acceptors (Lipinski definition) is 6. The summed E-state index contributed by atoms with van der Waals surface area (Å²) < 4.78 is 5.81. The smallest absolute Gasteiger partial charge is 0.264 e. The van der Waals surface area contributed by atoms with Crippen molar-refractivity contribution in [3.8, 4) is 5.75 Å². The molecule has 0 radical (unpaired) electrons. The Morgan fingerprint density at radius 3 is 2.55 bits per heavy atom. The molecule has 6 nitrogen and oxygen atoms in total. The first-order chi connectivity index (χ1) is 15.1. The van der Waals surface area contributed by atoms with Gasteiger partial charge >= 0.3 is 0 Å². The first-order valence-electron chi connectivity index (χ1n) is 11.1. The molecule has 1 saturated heterocycles. The van der Waals surface area contributed by atoms with Gasteiger partial charge in [0.05, 0.1) is 10.6 Å². The molecule has 1 aromatic carbocycles. The lowest BCUT2D eigenvalue weighted by Gasteiger charge is -2.34. The number of aromatic nitrogens is 2.